The van der Waals surface area contributed by atoms with Crippen LogP contribution in [0.4, 0.5) is 5.69 Å². The van der Waals surface area contributed by atoms with Crippen molar-refractivity contribution in [2.24, 2.45) is 0 Å². The van der Waals surface area contributed by atoms with Crippen molar-refractivity contribution >= 4 is 23.5 Å². The van der Waals surface area contributed by atoms with Crippen molar-refractivity contribution in [3.63, 3.8) is 0 Å². The molecule has 130 valence electrons. The number of nitrogens with zero attached hydrogens (tertiary/aromatic N) is 1. The Balaban J connectivity index is 2.04. The molecule has 1 unspecified atom stereocenters. The molecule has 0 saturated heterocycles. The molecular formula is C22H19NO3. The van der Waals surface area contributed by atoms with Crippen molar-refractivity contribution in [3.8, 4) is 0 Å². The molecule has 0 radical (unpaired) electrons. The number of Topliss-reactive ketones (excluding diaryl/α,β-unsaturated/α-hetero) is 1. The lowest BCUT2D eigenvalue weighted by atomic mass is 9.72. The molecule has 1 spiro atoms. The van der Waals surface area contributed by atoms with Crippen LogP contribution in [0.25, 0.3) is 6.08 Å². The molecule has 0 N–H and O–H groups in total. The van der Waals surface area contributed by atoms with Crippen LogP contribution in [0.5, 0.6) is 0 Å². The van der Waals surface area contributed by atoms with Gasteiger partial charge in [-0.05, 0) is 31.6 Å². The van der Waals surface area contributed by atoms with Gasteiger partial charge in [0.1, 0.15) is 11.5 Å². The second kappa shape index (κ2) is 5.70. The first-order valence-electron chi connectivity index (χ1n) is 8.53. The molecule has 4 rings (SSSR count). The fourth-order valence-corrected chi connectivity index (χ4v) is 4.07. The highest BCUT2D eigenvalue weighted by molar-refractivity contribution is 6.19. The lowest BCUT2D eigenvalue weighted by Gasteiger charge is -2.25. The Bertz CT molecular complexity index is 987. The summed E-state index contributed by atoms with van der Waals surface area (Å²) < 4.78 is 6.02. The first kappa shape index (κ1) is 16.3. The van der Waals surface area contributed by atoms with E-state index in [1.165, 1.54) is 6.92 Å². The molecule has 4 nitrogen and oxygen atoms in total. The molecule has 1 amide bonds. The number of fused-ring (bicyclic) bond motifs is 2. The highest BCUT2D eigenvalue weighted by Crippen LogP contribution is 2.55. The highest BCUT2D eigenvalue weighted by Gasteiger charge is 2.61. The van der Waals surface area contributed by atoms with Gasteiger partial charge in [0.25, 0.3) is 0 Å². The third-order valence-corrected chi connectivity index (χ3v) is 5.10. The number of ether oxygens (including phenoxy) is 1. The van der Waals surface area contributed by atoms with Gasteiger partial charge in [-0.1, -0.05) is 48.5 Å². The molecule has 2 aromatic carbocycles. The van der Waals surface area contributed by atoms with Crippen LogP contribution in [0.1, 0.15) is 25.0 Å². The van der Waals surface area contributed by atoms with E-state index in [2.05, 4.69) is 0 Å². The van der Waals surface area contributed by atoms with Crippen molar-refractivity contribution in [3.05, 3.63) is 82.8 Å². The third-order valence-electron chi connectivity index (χ3n) is 5.10. The molecule has 2 aromatic rings. The molecule has 2 aliphatic rings. The molecule has 2 aliphatic heterocycles. The minimum atomic E-state index is -1.21. The van der Waals surface area contributed by atoms with Crippen LogP contribution in [-0.4, -0.2) is 18.7 Å². The molecule has 0 bridgehead atoms. The van der Waals surface area contributed by atoms with E-state index in [1.807, 2.05) is 60.7 Å². The summed E-state index contributed by atoms with van der Waals surface area (Å²) in [6.45, 7) is 3.24. The van der Waals surface area contributed by atoms with Gasteiger partial charge in [-0.3, -0.25) is 9.59 Å². The molecule has 0 aliphatic carbocycles. The molecule has 2 heterocycles. The molecular weight excluding hydrogens is 326 g/mol. The van der Waals surface area contributed by atoms with E-state index in [4.69, 9.17) is 4.74 Å². The molecule has 0 saturated carbocycles. The van der Waals surface area contributed by atoms with Crippen molar-refractivity contribution in [2.75, 3.05) is 11.9 Å². The van der Waals surface area contributed by atoms with E-state index in [1.54, 1.807) is 18.9 Å². The number of allylic oxidation sites excluding steroid dienone is 1. The minimum Gasteiger partial charge on any atom is -0.464 e. The van der Waals surface area contributed by atoms with Gasteiger partial charge in [-0.2, -0.15) is 0 Å². The van der Waals surface area contributed by atoms with Gasteiger partial charge in [-0.25, -0.2) is 0 Å². The molecule has 0 fully saturated rings. The predicted molar refractivity (Wildman–Crippen MR) is 100 cm³/mol. The van der Waals surface area contributed by atoms with Gasteiger partial charge in [-0.15, -0.1) is 0 Å². The summed E-state index contributed by atoms with van der Waals surface area (Å²) in [6.07, 6.45) is 1.85. The van der Waals surface area contributed by atoms with Crippen molar-refractivity contribution in [2.45, 2.75) is 19.3 Å². The van der Waals surface area contributed by atoms with Crippen LogP contribution >= 0.6 is 0 Å². The van der Waals surface area contributed by atoms with E-state index < -0.39 is 5.41 Å². The summed E-state index contributed by atoms with van der Waals surface area (Å²) in [6, 6.07) is 17.3. The van der Waals surface area contributed by atoms with E-state index in [-0.39, 0.29) is 11.7 Å². The number of amides is 1. The number of hydrogen-bond acceptors (Lipinski definition) is 3. The van der Waals surface area contributed by atoms with Crippen LogP contribution in [-0.2, 0) is 19.7 Å². The quantitative estimate of drug-likeness (QED) is 0.831. The fraction of sp³-hybridized carbons (Fsp3) is 0.182. The van der Waals surface area contributed by atoms with Gasteiger partial charge >= 0.3 is 0 Å². The maximum atomic E-state index is 13.5. The number of likely N-dealkylation sites (N-methyl/N-ethyl adjacent to an activating group) is 1. The third kappa shape index (κ3) is 2.02. The monoisotopic (exact) mass is 345 g/mol. The summed E-state index contributed by atoms with van der Waals surface area (Å²) in [5.74, 6) is 0.645. The number of para-hydroxylation sites is 1. The average molecular weight is 345 g/mol. The van der Waals surface area contributed by atoms with E-state index >= 15 is 0 Å². The first-order chi connectivity index (χ1) is 12.5. The van der Waals surface area contributed by atoms with Crippen LogP contribution in [0.2, 0.25) is 0 Å². The molecule has 1 atom stereocenters. The maximum Gasteiger partial charge on any atom is 0.249 e. The first-order valence-corrected chi connectivity index (χ1v) is 8.53. The smallest absolute Gasteiger partial charge is 0.249 e. The Morgan fingerprint density at radius 1 is 1.08 bits per heavy atom. The Morgan fingerprint density at radius 2 is 1.73 bits per heavy atom. The van der Waals surface area contributed by atoms with Gasteiger partial charge in [0.2, 0.25) is 5.91 Å². The lowest BCUT2D eigenvalue weighted by molar-refractivity contribution is -0.123. The SMILES string of the molecule is CC(=O)C1=C(C)O/C(=C\c2ccccc2)C12C(=O)N(C)c1ccccc12. The van der Waals surface area contributed by atoms with Crippen molar-refractivity contribution in [1.82, 2.24) is 0 Å². The molecule has 26 heavy (non-hydrogen) atoms. The standard InChI is InChI=1S/C22H19NO3/c1-14(24)20-15(2)26-19(13-16-9-5-4-6-10-16)22(20)17-11-7-8-12-18(17)23(3)21(22)25/h4-13H,1-3H3/b19-13-. The number of ketones is 1. The molecule has 0 aromatic heterocycles. The summed E-state index contributed by atoms with van der Waals surface area (Å²) >= 11 is 0. The second-order valence-electron chi connectivity index (χ2n) is 6.64. The van der Waals surface area contributed by atoms with E-state index in [0.29, 0.717) is 17.1 Å². The van der Waals surface area contributed by atoms with Gasteiger partial charge in [0, 0.05) is 18.3 Å². The number of benzene rings is 2. The van der Waals surface area contributed by atoms with Crippen LogP contribution < -0.4 is 4.90 Å². The number of carbonyl (C=O) groups is 2. The highest BCUT2D eigenvalue weighted by atomic mass is 16.5. The zero-order valence-corrected chi connectivity index (χ0v) is 14.9. The van der Waals surface area contributed by atoms with Gasteiger partial charge in [0.05, 0.1) is 5.57 Å². The Labute approximate surface area is 152 Å². The minimum absolute atomic E-state index is 0.155. The van der Waals surface area contributed by atoms with Crippen molar-refractivity contribution in [1.29, 1.82) is 0 Å². The van der Waals surface area contributed by atoms with E-state index in [0.717, 1.165) is 16.8 Å². The molecule has 4 heteroatoms. The predicted octanol–water partition coefficient (Wildman–Crippen LogP) is 3.84. The Morgan fingerprint density at radius 3 is 2.42 bits per heavy atom. The van der Waals surface area contributed by atoms with Crippen LogP contribution in [0, 0.1) is 0 Å². The van der Waals surface area contributed by atoms with Gasteiger partial charge < -0.3 is 9.64 Å². The average Bonchev–Trinajstić information content (AvgIpc) is 3.04. The van der Waals surface area contributed by atoms with Crippen molar-refractivity contribution < 1.29 is 14.3 Å². The topological polar surface area (TPSA) is 46.6 Å². The zero-order chi connectivity index (χ0) is 18.5. The number of rotatable bonds is 2. The van der Waals surface area contributed by atoms with Crippen LogP contribution in [0.3, 0.4) is 0 Å². The Hall–Kier alpha value is -3.14. The zero-order valence-electron chi connectivity index (χ0n) is 14.9. The maximum absolute atomic E-state index is 13.5. The second-order valence-corrected chi connectivity index (χ2v) is 6.64. The fourth-order valence-electron chi connectivity index (χ4n) is 4.07. The van der Waals surface area contributed by atoms with Crippen LogP contribution in [0.15, 0.2) is 71.7 Å². The lowest BCUT2D eigenvalue weighted by Crippen LogP contribution is -2.41. The van der Waals surface area contributed by atoms with E-state index in [9.17, 15) is 9.59 Å². The largest absolute Gasteiger partial charge is 0.464 e. The summed E-state index contributed by atoms with van der Waals surface area (Å²) in [5.41, 5.74) is 1.71. The summed E-state index contributed by atoms with van der Waals surface area (Å²) in [4.78, 5) is 27.6. The number of hydrogen-bond donors (Lipinski definition) is 0. The summed E-state index contributed by atoms with van der Waals surface area (Å²) in [5, 5.41) is 0. The van der Waals surface area contributed by atoms with Gasteiger partial charge in [0.15, 0.2) is 11.2 Å². The Kier molecular flexibility index (Phi) is 3.58. The number of anilines is 1. The summed E-state index contributed by atoms with van der Waals surface area (Å²) in [7, 11) is 1.74. The normalized spacial score (nSPS) is 23.0. The number of carbonyl (C=O) groups excluding carboxylic acids is 2.